The lowest BCUT2D eigenvalue weighted by Crippen LogP contribution is -2.24. The van der Waals surface area contributed by atoms with Crippen LogP contribution in [0.3, 0.4) is 0 Å². The molecule has 0 fully saturated rings. The second kappa shape index (κ2) is 8.53. The van der Waals surface area contributed by atoms with Crippen LogP contribution in [0, 0.1) is 10.1 Å². The number of ketones is 1. The zero-order chi connectivity index (χ0) is 22.9. The number of Topliss-reactive ketones (excluding diaryl/α,β-unsaturated/α-hetero) is 1. The molecule has 1 heterocycles. The largest absolute Gasteiger partial charge is 0.465 e. The van der Waals surface area contributed by atoms with E-state index >= 15 is 0 Å². The first-order valence-corrected chi connectivity index (χ1v) is 9.44. The van der Waals surface area contributed by atoms with Crippen molar-refractivity contribution in [3.05, 3.63) is 85.6 Å². The van der Waals surface area contributed by atoms with Crippen LogP contribution in [0.25, 0.3) is 6.08 Å². The summed E-state index contributed by atoms with van der Waals surface area (Å²) in [5, 5.41) is 11.3. The molecule has 0 bridgehead atoms. The van der Waals surface area contributed by atoms with Crippen LogP contribution in [-0.2, 0) is 14.3 Å². The van der Waals surface area contributed by atoms with Crippen LogP contribution in [0.1, 0.15) is 29.8 Å². The fourth-order valence-electron chi connectivity index (χ4n) is 3.27. The summed E-state index contributed by atoms with van der Waals surface area (Å²) in [6, 6.07) is 10.2. The van der Waals surface area contributed by atoms with Crippen LogP contribution >= 0.6 is 11.6 Å². The van der Waals surface area contributed by atoms with Crippen LogP contribution in [0.15, 0.2) is 59.3 Å². The summed E-state index contributed by atoms with van der Waals surface area (Å²) in [6.45, 7) is 2.98. The highest BCUT2D eigenvalue weighted by molar-refractivity contribution is 6.32. The molecule has 0 N–H and O–H groups in total. The zero-order valence-corrected chi connectivity index (χ0v) is 17.6. The van der Waals surface area contributed by atoms with Crippen molar-refractivity contribution in [2.45, 2.75) is 13.8 Å². The van der Waals surface area contributed by atoms with E-state index in [1.165, 1.54) is 43.2 Å². The molecule has 31 heavy (non-hydrogen) atoms. The number of hydrogen-bond acceptors (Lipinski definition) is 6. The molecule has 0 atom stereocenters. The molecule has 158 valence electrons. The lowest BCUT2D eigenvalue weighted by molar-refractivity contribution is -0.384. The van der Waals surface area contributed by atoms with Gasteiger partial charge in [-0.05, 0) is 38.1 Å². The average Bonchev–Trinajstić information content (AvgIpc) is 2.98. The summed E-state index contributed by atoms with van der Waals surface area (Å²) in [5.41, 5.74) is 1.05. The molecule has 3 rings (SSSR count). The number of amides is 1. The Balaban J connectivity index is 2.19. The molecule has 0 saturated heterocycles. The van der Waals surface area contributed by atoms with Crippen molar-refractivity contribution in [3.63, 3.8) is 0 Å². The van der Waals surface area contributed by atoms with Gasteiger partial charge < -0.3 is 4.74 Å². The van der Waals surface area contributed by atoms with E-state index in [-0.39, 0.29) is 33.2 Å². The standard InChI is InChI=1S/C22H17ClN2O6/c1-12-20(22(28)31-3)18(11-15-10-17(25(29)30)7-8-19(15)23)21(27)24(12)16-6-4-5-14(9-16)13(2)26/h4-11H,1-3H3/b18-11-. The van der Waals surface area contributed by atoms with Crippen molar-refractivity contribution in [2.24, 2.45) is 0 Å². The van der Waals surface area contributed by atoms with Gasteiger partial charge >= 0.3 is 5.97 Å². The van der Waals surface area contributed by atoms with E-state index in [0.29, 0.717) is 16.9 Å². The second-order valence-electron chi connectivity index (χ2n) is 6.72. The minimum Gasteiger partial charge on any atom is -0.465 e. The van der Waals surface area contributed by atoms with E-state index in [1.54, 1.807) is 31.2 Å². The lowest BCUT2D eigenvalue weighted by Gasteiger charge is -2.18. The Labute approximate surface area is 182 Å². The van der Waals surface area contributed by atoms with Gasteiger partial charge in [0.15, 0.2) is 5.78 Å². The topological polar surface area (TPSA) is 107 Å². The van der Waals surface area contributed by atoms with E-state index in [1.807, 2.05) is 0 Å². The number of hydrogen-bond donors (Lipinski definition) is 0. The number of carbonyl (C=O) groups is 3. The highest BCUT2D eigenvalue weighted by atomic mass is 35.5. The van der Waals surface area contributed by atoms with Gasteiger partial charge in [-0.2, -0.15) is 0 Å². The Bertz CT molecular complexity index is 1200. The number of benzene rings is 2. The molecule has 1 aliphatic heterocycles. The number of rotatable bonds is 5. The van der Waals surface area contributed by atoms with E-state index in [2.05, 4.69) is 0 Å². The quantitative estimate of drug-likeness (QED) is 0.225. The maximum atomic E-state index is 13.3. The number of nitrogens with zero attached hydrogens (tertiary/aromatic N) is 2. The lowest BCUT2D eigenvalue weighted by atomic mass is 10.0. The molecule has 1 amide bonds. The summed E-state index contributed by atoms with van der Waals surface area (Å²) in [7, 11) is 1.18. The zero-order valence-electron chi connectivity index (χ0n) is 16.8. The van der Waals surface area contributed by atoms with Gasteiger partial charge in [-0.25, -0.2) is 4.79 Å². The molecule has 0 spiro atoms. The highest BCUT2D eigenvalue weighted by Crippen LogP contribution is 2.37. The van der Waals surface area contributed by atoms with Gasteiger partial charge in [0.05, 0.1) is 23.2 Å². The molecule has 9 heteroatoms. The predicted octanol–water partition coefficient (Wildman–Crippen LogP) is 4.33. The van der Waals surface area contributed by atoms with Crippen molar-refractivity contribution < 1.29 is 24.0 Å². The summed E-state index contributed by atoms with van der Waals surface area (Å²) < 4.78 is 4.85. The van der Waals surface area contributed by atoms with E-state index in [0.717, 1.165) is 0 Å². The number of esters is 1. The molecule has 1 aliphatic rings. The molecular weight excluding hydrogens is 424 g/mol. The third kappa shape index (κ3) is 4.10. The molecule has 0 aromatic heterocycles. The SMILES string of the molecule is COC(=O)C1=C(C)N(c2cccc(C(C)=O)c2)C(=O)/C1=C\c1cc([N+](=O)[O-])ccc1Cl. The fraction of sp³-hybridized carbons (Fsp3) is 0.136. The molecule has 0 unspecified atom stereocenters. The van der Waals surface area contributed by atoms with Crippen molar-refractivity contribution >= 4 is 46.7 Å². The van der Waals surface area contributed by atoms with Gasteiger partial charge in [-0.3, -0.25) is 24.6 Å². The van der Waals surface area contributed by atoms with Gasteiger partial charge in [-0.15, -0.1) is 0 Å². The number of nitro groups is 1. The normalized spacial score (nSPS) is 14.9. The first kappa shape index (κ1) is 21.9. The summed E-state index contributed by atoms with van der Waals surface area (Å²) >= 11 is 6.17. The second-order valence-corrected chi connectivity index (χ2v) is 7.13. The van der Waals surface area contributed by atoms with Crippen molar-refractivity contribution in [1.82, 2.24) is 0 Å². The third-order valence-corrected chi connectivity index (χ3v) is 5.13. The van der Waals surface area contributed by atoms with Crippen molar-refractivity contribution in [2.75, 3.05) is 12.0 Å². The number of carbonyl (C=O) groups excluding carboxylic acids is 3. The smallest absolute Gasteiger partial charge is 0.340 e. The van der Waals surface area contributed by atoms with Crippen LogP contribution < -0.4 is 4.90 Å². The molecular formula is C22H17ClN2O6. The molecule has 8 nitrogen and oxygen atoms in total. The van der Waals surface area contributed by atoms with E-state index in [4.69, 9.17) is 16.3 Å². The summed E-state index contributed by atoms with van der Waals surface area (Å²) in [5.74, 6) is -1.48. The van der Waals surface area contributed by atoms with Crippen LogP contribution in [0.5, 0.6) is 0 Å². The van der Waals surface area contributed by atoms with Crippen molar-refractivity contribution in [3.8, 4) is 0 Å². The Kier molecular flexibility index (Phi) is 6.03. The van der Waals surface area contributed by atoms with E-state index in [9.17, 15) is 24.5 Å². The number of allylic oxidation sites excluding steroid dienone is 1. The Hall–Kier alpha value is -3.78. The van der Waals surface area contributed by atoms with Gasteiger partial charge in [0.1, 0.15) is 0 Å². The van der Waals surface area contributed by atoms with Gasteiger partial charge in [0.25, 0.3) is 11.6 Å². The van der Waals surface area contributed by atoms with Crippen molar-refractivity contribution in [1.29, 1.82) is 0 Å². The Morgan fingerprint density at radius 1 is 1.19 bits per heavy atom. The van der Waals surface area contributed by atoms with Crippen LogP contribution in [0.2, 0.25) is 5.02 Å². The van der Waals surface area contributed by atoms with Crippen LogP contribution in [-0.4, -0.2) is 29.7 Å². The number of ether oxygens (including phenoxy) is 1. The highest BCUT2D eigenvalue weighted by Gasteiger charge is 2.38. The van der Waals surface area contributed by atoms with E-state index < -0.39 is 16.8 Å². The number of non-ortho nitro benzene ring substituents is 1. The number of nitro benzene ring substituents is 1. The third-order valence-electron chi connectivity index (χ3n) is 4.79. The van der Waals surface area contributed by atoms with Crippen LogP contribution in [0.4, 0.5) is 11.4 Å². The maximum absolute atomic E-state index is 13.3. The summed E-state index contributed by atoms with van der Waals surface area (Å²) in [6.07, 6.45) is 1.32. The number of anilines is 1. The average molecular weight is 441 g/mol. The Morgan fingerprint density at radius 3 is 2.52 bits per heavy atom. The molecule has 2 aromatic carbocycles. The minimum atomic E-state index is -0.746. The van der Waals surface area contributed by atoms with Gasteiger partial charge in [-0.1, -0.05) is 23.7 Å². The monoisotopic (exact) mass is 440 g/mol. The Morgan fingerprint density at radius 2 is 1.90 bits per heavy atom. The fourth-order valence-corrected chi connectivity index (χ4v) is 3.44. The van der Waals surface area contributed by atoms with Gasteiger partial charge in [0.2, 0.25) is 0 Å². The minimum absolute atomic E-state index is 0.00306. The first-order chi connectivity index (χ1) is 14.6. The molecule has 2 aromatic rings. The maximum Gasteiger partial charge on any atom is 0.340 e. The summed E-state index contributed by atoms with van der Waals surface area (Å²) in [4.78, 5) is 49.4. The molecule has 0 saturated carbocycles. The van der Waals surface area contributed by atoms with Gasteiger partial charge in [0, 0.05) is 39.7 Å². The number of methoxy groups -OCH3 is 1. The molecule has 0 radical (unpaired) electrons. The predicted molar refractivity (Wildman–Crippen MR) is 115 cm³/mol. The molecule has 0 aliphatic carbocycles. The number of halogens is 1. The first-order valence-electron chi connectivity index (χ1n) is 9.06.